The molecule has 3 aromatic rings. The van der Waals surface area contributed by atoms with Crippen molar-refractivity contribution in [1.29, 1.82) is 0 Å². The summed E-state index contributed by atoms with van der Waals surface area (Å²) in [6, 6.07) is 11.7. The molecule has 7 heteroatoms. The Morgan fingerprint density at radius 2 is 2.17 bits per heavy atom. The summed E-state index contributed by atoms with van der Waals surface area (Å²) in [5.41, 5.74) is 2.31. The Labute approximate surface area is 173 Å². The Kier molecular flexibility index (Phi) is 5.89. The molecule has 1 aromatic heterocycles. The van der Waals surface area contributed by atoms with Crippen molar-refractivity contribution in [3.05, 3.63) is 57.2 Å². The van der Waals surface area contributed by atoms with Crippen molar-refractivity contribution < 1.29 is 14.9 Å². The molecule has 1 saturated carbocycles. The second-order valence-corrected chi connectivity index (χ2v) is 8.45. The smallest absolute Gasteiger partial charge is 0.305 e. The number of fused-ring (bicyclic) bond motifs is 1. The second kappa shape index (κ2) is 8.57. The molecular weight excluding hydrogens is 388 g/mol. The first-order valence-electron chi connectivity index (χ1n) is 10.1. The van der Waals surface area contributed by atoms with Crippen LogP contribution in [0, 0.1) is 0 Å². The number of aliphatic hydroxyl groups excluding tert-OH is 1. The van der Waals surface area contributed by atoms with Gasteiger partial charge >= 0.3 is 4.87 Å². The lowest BCUT2D eigenvalue weighted by molar-refractivity contribution is 0.170. The molecule has 0 bridgehead atoms. The number of nitrogens with one attached hydrogen (secondary N) is 2. The van der Waals surface area contributed by atoms with Crippen LogP contribution in [0.3, 0.4) is 0 Å². The maximum Gasteiger partial charge on any atom is 0.305 e. The molecule has 0 unspecified atom stereocenters. The molecule has 0 amide bonds. The maximum atomic E-state index is 11.7. The molecule has 1 aliphatic rings. The van der Waals surface area contributed by atoms with Crippen molar-refractivity contribution in [2.75, 3.05) is 13.2 Å². The van der Waals surface area contributed by atoms with E-state index < -0.39 is 6.10 Å². The van der Waals surface area contributed by atoms with Crippen LogP contribution in [0.15, 0.2) is 41.2 Å². The number of aliphatic hydroxyl groups is 1. The van der Waals surface area contributed by atoms with Crippen LogP contribution in [-0.2, 0) is 0 Å². The van der Waals surface area contributed by atoms with Crippen molar-refractivity contribution in [2.45, 2.75) is 44.2 Å². The molecule has 3 atom stereocenters. The summed E-state index contributed by atoms with van der Waals surface area (Å²) in [7, 11) is 0. The van der Waals surface area contributed by atoms with E-state index in [1.807, 2.05) is 19.1 Å². The number of phenolic OH excluding ortho intramolecular Hbond substituents is 1. The SMILES string of the molecule is CCOc1cccc([C@H]2CCC[C@H]2NC[C@H](O)c2ccc(O)c3[nH]c(=O)sc23)c1. The van der Waals surface area contributed by atoms with Crippen LogP contribution >= 0.6 is 11.3 Å². The number of aromatic hydroxyl groups is 1. The second-order valence-electron chi connectivity index (χ2n) is 7.47. The van der Waals surface area contributed by atoms with Gasteiger partial charge in [0.2, 0.25) is 0 Å². The molecule has 0 aliphatic heterocycles. The number of hydrogen-bond acceptors (Lipinski definition) is 6. The largest absolute Gasteiger partial charge is 0.506 e. The quantitative estimate of drug-likeness (QED) is 0.473. The summed E-state index contributed by atoms with van der Waals surface area (Å²) in [6.45, 7) is 3.02. The number of hydrogen-bond donors (Lipinski definition) is 4. The lowest BCUT2D eigenvalue weighted by Gasteiger charge is -2.24. The van der Waals surface area contributed by atoms with Crippen molar-refractivity contribution >= 4 is 21.6 Å². The van der Waals surface area contributed by atoms with E-state index in [-0.39, 0.29) is 16.7 Å². The molecule has 4 N–H and O–H groups in total. The van der Waals surface area contributed by atoms with E-state index in [9.17, 15) is 15.0 Å². The zero-order valence-corrected chi connectivity index (χ0v) is 17.2. The summed E-state index contributed by atoms with van der Waals surface area (Å²) in [5.74, 6) is 1.29. The number of benzene rings is 2. The average molecular weight is 415 g/mol. The van der Waals surface area contributed by atoms with E-state index in [1.54, 1.807) is 6.07 Å². The van der Waals surface area contributed by atoms with Crippen LogP contribution in [0.1, 0.15) is 49.3 Å². The first-order chi connectivity index (χ1) is 14.1. The van der Waals surface area contributed by atoms with Crippen LogP contribution in [0.2, 0.25) is 0 Å². The number of rotatable bonds is 7. The molecular formula is C22H26N2O4S. The average Bonchev–Trinajstić information content (AvgIpc) is 3.33. The lowest BCUT2D eigenvalue weighted by atomic mass is 9.93. The predicted octanol–water partition coefficient (Wildman–Crippen LogP) is 3.65. The van der Waals surface area contributed by atoms with Gasteiger partial charge in [-0.15, -0.1) is 0 Å². The van der Waals surface area contributed by atoms with Crippen molar-refractivity contribution in [3.63, 3.8) is 0 Å². The van der Waals surface area contributed by atoms with Gasteiger partial charge in [0.15, 0.2) is 0 Å². The fraction of sp³-hybridized carbons (Fsp3) is 0.409. The molecule has 29 heavy (non-hydrogen) atoms. The lowest BCUT2D eigenvalue weighted by Crippen LogP contribution is -2.34. The van der Waals surface area contributed by atoms with Crippen molar-refractivity contribution in [3.8, 4) is 11.5 Å². The number of H-pyrrole nitrogens is 1. The Hall–Kier alpha value is -2.35. The van der Waals surface area contributed by atoms with Gasteiger partial charge in [-0.1, -0.05) is 36.0 Å². The third-order valence-corrected chi connectivity index (χ3v) is 6.56. The van der Waals surface area contributed by atoms with E-state index in [2.05, 4.69) is 22.4 Å². The van der Waals surface area contributed by atoms with Gasteiger partial charge in [-0.25, -0.2) is 0 Å². The topological polar surface area (TPSA) is 94.6 Å². The highest BCUT2D eigenvalue weighted by Gasteiger charge is 2.29. The summed E-state index contributed by atoms with van der Waals surface area (Å²) in [4.78, 5) is 14.1. The Balaban J connectivity index is 1.48. The highest BCUT2D eigenvalue weighted by molar-refractivity contribution is 7.16. The first kappa shape index (κ1) is 19.9. The van der Waals surface area contributed by atoms with Gasteiger partial charge < -0.3 is 25.3 Å². The van der Waals surface area contributed by atoms with Gasteiger partial charge in [-0.2, -0.15) is 0 Å². The van der Waals surface area contributed by atoms with Crippen LogP contribution in [0.4, 0.5) is 0 Å². The van der Waals surface area contributed by atoms with E-state index >= 15 is 0 Å². The number of aromatic amines is 1. The van der Waals surface area contributed by atoms with Crippen LogP contribution in [-0.4, -0.2) is 34.4 Å². The molecule has 4 rings (SSSR count). The minimum absolute atomic E-state index is 0.0206. The monoisotopic (exact) mass is 414 g/mol. The van der Waals surface area contributed by atoms with Gasteiger partial charge in [-0.3, -0.25) is 4.79 Å². The van der Waals surface area contributed by atoms with Gasteiger partial charge in [0, 0.05) is 18.2 Å². The van der Waals surface area contributed by atoms with Gasteiger partial charge in [-0.05, 0) is 49.4 Å². The van der Waals surface area contributed by atoms with E-state index in [1.165, 1.54) is 11.6 Å². The Morgan fingerprint density at radius 1 is 1.31 bits per heavy atom. The van der Waals surface area contributed by atoms with Gasteiger partial charge in [0.05, 0.1) is 17.4 Å². The summed E-state index contributed by atoms with van der Waals surface area (Å²) < 4.78 is 6.25. The third-order valence-electron chi connectivity index (χ3n) is 5.63. The predicted molar refractivity (Wildman–Crippen MR) is 115 cm³/mol. The zero-order chi connectivity index (χ0) is 20.4. The highest BCUT2D eigenvalue weighted by atomic mass is 32.1. The van der Waals surface area contributed by atoms with Gasteiger partial charge in [0.25, 0.3) is 0 Å². The molecule has 6 nitrogen and oxygen atoms in total. The first-order valence-corrected chi connectivity index (χ1v) is 10.9. The number of ether oxygens (including phenoxy) is 1. The third kappa shape index (κ3) is 4.17. The Bertz CT molecular complexity index is 1040. The minimum Gasteiger partial charge on any atom is -0.506 e. The molecule has 2 aromatic carbocycles. The van der Waals surface area contributed by atoms with Crippen molar-refractivity contribution in [2.24, 2.45) is 0 Å². The molecule has 0 spiro atoms. The molecule has 1 aliphatic carbocycles. The van der Waals surface area contributed by atoms with Crippen LogP contribution < -0.4 is 14.9 Å². The molecule has 1 heterocycles. The van der Waals surface area contributed by atoms with E-state index in [0.717, 1.165) is 36.3 Å². The standard InChI is InChI=1S/C22H26N2O4S/c1-2-28-14-6-3-5-13(11-14)15-7-4-8-17(15)23-12-19(26)16-9-10-18(25)20-21(16)29-22(27)24-20/h3,5-6,9-11,15,17,19,23,25-26H,2,4,7-8,12H2,1H3,(H,24,27)/t15-,17-,19+/m1/s1. The normalized spacial score (nSPS) is 20.2. The summed E-state index contributed by atoms with van der Waals surface area (Å²) in [6.07, 6.45) is 2.53. The summed E-state index contributed by atoms with van der Waals surface area (Å²) in [5, 5.41) is 24.2. The number of aromatic nitrogens is 1. The zero-order valence-electron chi connectivity index (χ0n) is 16.4. The fourth-order valence-electron chi connectivity index (χ4n) is 4.28. The summed E-state index contributed by atoms with van der Waals surface area (Å²) >= 11 is 1.01. The van der Waals surface area contributed by atoms with E-state index in [0.29, 0.717) is 34.8 Å². The highest BCUT2D eigenvalue weighted by Crippen LogP contribution is 2.37. The van der Waals surface area contributed by atoms with E-state index in [4.69, 9.17) is 4.74 Å². The molecule has 0 saturated heterocycles. The Morgan fingerprint density at radius 3 is 3.00 bits per heavy atom. The maximum absolute atomic E-state index is 11.7. The molecule has 0 radical (unpaired) electrons. The molecule has 154 valence electrons. The van der Waals surface area contributed by atoms with Crippen LogP contribution in [0.25, 0.3) is 10.2 Å². The fourth-order valence-corrected chi connectivity index (χ4v) is 5.20. The van der Waals surface area contributed by atoms with Gasteiger partial charge in [0.1, 0.15) is 17.0 Å². The number of phenols is 1. The minimum atomic E-state index is -0.763. The van der Waals surface area contributed by atoms with Crippen molar-refractivity contribution in [1.82, 2.24) is 10.3 Å². The number of thiazole rings is 1. The molecule has 1 fully saturated rings. The van der Waals surface area contributed by atoms with Crippen LogP contribution in [0.5, 0.6) is 11.5 Å².